The van der Waals surface area contributed by atoms with E-state index in [4.69, 9.17) is 0 Å². The monoisotopic (exact) mass is 387 g/mol. The third kappa shape index (κ3) is 5.52. The summed E-state index contributed by atoms with van der Waals surface area (Å²) in [4.78, 5) is 24.8. The zero-order valence-electron chi connectivity index (χ0n) is 15.7. The average Bonchev–Trinajstić information content (AvgIpc) is 2.75. The summed E-state index contributed by atoms with van der Waals surface area (Å²) in [6.45, 7) is -0.215. The van der Waals surface area contributed by atoms with E-state index in [1.807, 2.05) is 60.7 Å². The van der Waals surface area contributed by atoms with Crippen molar-refractivity contribution in [2.75, 3.05) is 6.54 Å². The smallest absolute Gasteiger partial charge is 0.259 e. The summed E-state index contributed by atoms with van der Waals surface area (Å²) in [5.74, 6) is -1.20. The number of phenols is 1. The third-order valence-electron chi connectivity index (χ3n) is 4.28. The summed E-state index contributed by atoms with van der Waals surface area (Å²) in [6, 6.07) is 25.4. The Labute approximate surface area is 168 Å². The molecule has 0 aliphatic carbocycles. The van der Waals surface area contributed by atoms with Gasteiger partial charge in [-0.25, -0.2) is 5.43 Å². The zero-order chi connectivity index (χ0) is 20.5. The van der Waals surface area contributed by atoms with Gasteiger partial charge in [0, 0.05) is 5.56 Å². The summed E-state index contributed by atoms with van der Waals surface area (Å²) in [5.41, 5.74) is 4.50. The van der Waals surface area contributed by atoms with Crippen molar-refractivity contribution in [2.24, 2.45) is 5.10 Å². The molecule has 3 rings (SSSR count). The zero-order valence-corrected chi connectivity index (χ0v) is 15.7. The second kappa shape index (κ2) is 9.85. The van der Waals surface area contributed by atoms with Crippen LogP contribution in [-0.2, 0) is 9.59 Å². The molecule has 6 heteroatoms. The van der Waals surface area contributed by atoms with E-state index in [2.05, 4.69) is 15.8 Å². The van der Waals surface area contributed by atoms with E-state index in [0.29, 0.717) is 5.56 Å². The fraction of sp³-hybridized carbons (Fsp3) is 0.0870. The van der Waals surface area contributed by atoms with Crippen LogP contribution >= 0.6 is 0 Å². The highest BCUT2D eigenvalue weighted by Gasteiger charge is 2.22. The van der Waals surface area contributed by atoms with E-state index in [1.54, 1.807) is 18.2 Å². The summed E-state index contributed by atoms with van der Waals surface area (Å²) < 4.78 is 0. The Morgan fingerprint density at radius 2 is 1.41 bits per heavy atom. The lowest BCUT2D eigenvalue weighted by molar-refractivity contribution is -0.126. The predicted octanol–water partition coefficient (Wildman–Crippen LogP) is 2.79. The number of hydrazone groups is 1. The molecule has 0 saturated carbocycles. The van der Waals surface area contributed by atoms with Crippen molar-refractivity contribution in [1.29, 1.82) is 0 Å². The topological polar surface area (TPSA) is 90.8 Å². The maximum atomic E-state index is 12.8. The van der Waals surface area contributed by atoms with Crippen molar-refractivity contribution in [2.45, 2.75) is 5.92 Å². The van der Waals surface area contributed by atoms with E-state index in [1.165, 1.54) is 12.3 Å². The molecular weight excluding hydrogens is 366 g/mol. The first-order chi connectivity index (χ1) is 14.1. The predicted molar refractivity (Wildman–Crippen MR) is 112 cm³/mol. The summed E-state index contributed by atoms with van der Waals surface area (Å²) >= 11 is 0. The van der Waals surface area contributed by atoms with Crippen LogP contribution in [0, 0.1) is 0 Å². The van der Waals surface area contributed by atoms with Crippen molar-refractivity contribution >= 4 is 18.0 Å². The average molecular weight is 387 g/mol. The number of hydrogen-bond acceptors (Lipinski definition) is 4. The van der Waals surface area contributed by atoms with Crippen molar-refractivity contribution in [3.63, 3.8) is 0 Å². The van der Waals surface area contributed by atoms with Crippen LogP contribution in [0.2, 0.25) is 0 Å². The summed E-state index contributed by atoms with van der Waals surface area (Å²) in [5, 5.41) is 16.1. The molecule has 146 valence electrons. The molecule has 0 bridgehead atoms. The Hall–Kier alpha value is -3.93. The van der Waals surface area contributed by atoms with Gasteiger partial charge < -0.3 is 10.4 Å². The number of carbonyl (C=O) groups excluding carboxylic acids is 2. The maximum Gasteiger partial charge on any atom is 0.259 e. The van der Waals surface area contributed by atoms with Gasteiger partial charge in [0.2, 0.25) is 5.91 Å². The number of para-hydroxylation sites is 1. The lowest BCUT2D eigenvalue weighted by Crippen LogP contribution is -2.37. The van der Waals surface area contributed by atoms with Crippen LogP contribution in [0.4, 0.5) is 0 Å². The number of benzene rings is 3. The van der Waals surface area contributed by atoms with E-state index in [-0.39, 0.29) is 18.2 Å². The number of hydrogen-bond donors (Lipinski definition) is 3. The minimum absolute atomic E-state index is 0.0624. The minimum Gasteiger partial charge on any atom is -0.507 e. The Balaban J connectivity index is 1.61. The van der Waals surface area contributed by atoms with Gasteiger partial charge in [0.25, 0.3) is 5.91 Å². The second-order valence-corrected chi connectivity index (χ2v) is 6.32. The fourth-order valence-corrected chi connectivity index (χ4v) is 2.87. The first-order valence-corrected chi connectivity index (χ1v) is 9.12. The normalized spacial score (nSPS) is 10.8. The number of nitrogens with one attached hydrogen (secondary N) is 2. The van der Waals surface area contributed by atoms with Crippen LogP contribution in [0.1, 0.15) is 22.6 Å². The van der Waals surface area contributed by atoms with Gasteiger partial charge in [-0.2, -0.15) is 5.10 Å². The van der Waals surface area contributed by atoms with Crippen molar-refractivity contribution in [3.05, 3.63) is 102 Å². The van der Waals surface area contributed by atoms with Gasteiger partial charge in [-0.15, -0.1) is 0 Å². The number of nitrogens with zero attached hydrogens (tertiary/aromatic N) is 1. The van der Waals surface area contributed by atoms with Crippen LogP contribution < -0.4 is 10.7 Å². The number of amides is 2. The van der Waals surface area contributed by atoms with Gasteiger partial charge >= 0.3 is 0 Å². The highest BCUT2D eigenvalue weighted by Crippen LogP contribution is 2.24. The molecule has 0 radical (unpaired) electrons. The Kier molecular flexibility index (Phi) is 6.73. The standard InChI is InChI=1S/C23H21N3O3/c27-20-14-8-7-13-19(20)15-25-26-21(28)16-24-23(29)22(17-9-3-1-4-10-17)18-11-5-2-6-12-18/h1-15,22,27H,16H2,(H,24,29)(H,26,28)/b25-15+. The quantitative estimate of drug-likeness (QED) is 0.430. The van der Waals surface area contributed by atoms with Crippen molar-refractivity contribution < 1.29 is 14.7 Å². The molecule has 0 fully saturated rings. The highest BCUT2D eigenvalue weighted by molar-refractivity contribution is 5.91. The number of aromatic hydroxyl groups is 1. The summed E-state index contributed by atoms with van der Waals surface area (Å²) in [7, 11) is 0. The van der Waals surface area contributed by atoms with Crippen molar-refractivity contribution in [1.82, 2.24) is 10.7 Å². The largest absolute Gasteiger partial charge is 0.507 e. The Bertz CT molecular complexity index is 949. The molecule has 0 spiro atoms. The van der Waals surface area contributed by atoms with Crippen LogP contribution in [0.5, 0.6) is 5.75 Å². The Morgan fingerprint density at radius 3 is 2.00 bits per heavy atom. The van der Waals surface area contributed by atoms with Crippen molar-refractivity contribution in [3.8, 4) is 5.75 Å². The first-order valence-electron chi connectivity index (χ1n) is 9.12. The lowest BCUT2D eigenvalue weighted by Gasteiger charge is -2.17. The van der Waals surface area contributed by atoms with E-state index in [0.717, 1.165) is 11.1 Å². The summed E-state index contributed by atoms with van der Waals surface area (Å²) in [6.07, 6.45) is 1.34. The molecule has 0 saturated heterocycles. The molecule has 0 heterocycles. The van der Waals surface area contributed by atoms with Gasteiger partial charge in [-0.1, -0.05) is 72.8 Å². The molecule has 0 aliphatic heterocycles. The van der Waals surface area contributed by atoms with Gasteiger partial charge in [0.1, 0.15) is 5.75 Å². The molecule has 0 aromatic heterocycles. The molecule has 3 aromatic carbocycles. The Morgan fingerprint density at radius 1 is 0.862 bits per heavy atom. The SMILES string of the molecule is O=C(CNC(=O)C(c1ccccc1)c1ccccc1)N/N=C/c1ccccc1O. The molecule has 0 aliphatic rings. The molecule has 29 heavy (non-hydrogen) atoms. The van der Waals surface area contributed by atoms with E-state index >= 15 is 0 Å². The van der Waals surface area contributed by atoms with Crippen LogP contribution in [0.25, 0.3) is 0 Å². The van der Waals surface area contributed by atoms with E-state index < -0.39 is 11.8 Å². The molecule has 2 amide bonds. The molecular formula is C23H21N3O3. The van der Waals surface area contributed by atoms with Gasteiger partial charge in [0.05, 0.1) is 18.7 Å². The fourth-order valence-electron chi connectivity index (χ4n) is 2.87. The maximum absolute atomic E-state index is 12.8. The molecule has 0 atom stereocenters. The first kappa shape index (κ1) is 19.8. The molecule has 0 unspecified atom stereocenters. The lowest BCUT2D eigenvalue weighted by atomic mass is 9.90. The molecule has 3 N–H and O–H groups in total. The van der Waals surface area contributed by atoms with E-state index in [9.17, 15) is 14.7 Å². The number of rotatable bonds is 7. The number of phenolic OH excluding ortho intramolecular Hbond substituents is 1. The van der Waals surface area contributed by atoms with Crippen LogP contribution in [0.3, 0.4) is 0 Å². The second-order valence-electron chi connectivity index (χ2n) is 6.32. The highest BCUT2D eigenvalue weighted by atomic mass is 16.3. The van der Waals surface area contributed by atoms with Crippen LogP contribution in [0.15, 0.2) is 90.0 Å². The van der Waals surface area contributed by atoms with Gasteiger partial charge in [0.15, 0.2) is 0 Å². The minimum atomic E-state index is -0.519. The molecule has 6 nitrogen and oxygen atoms in total. The van der Waals surface area contributed by atoms with Gasteiger partial charge in [-0.3, -0.25) is 9.59 Å². The van der Waals surface area contributed by atoms with Crippen LogP contribution in [-0.4, -0.2) is 29.7 Å². The molecule has 3 aromatic rings. The number of carbonyl (C=O) groups is 2. The van der Waals surface area contributed by atoms with Gasteiger partial charge in [-0.05, 0) is 23.3 Å². The third-order valence-corrected chi connectivity index (χ3v) is 4.28.